The lowest BCUT2D eigenvalue weighted by Gasteiger charge is -2.15. The summed E-state index contributed by atoms with van der Waals surface area (Å²) in [5.41, 5.74) is 1.63. The zero-order valence-corrected chi connectivity index (χ0v) is 14.7. The highest BCUT2D eigenvalue weighted by atomic mass is 16.5. The summed E-state index contributed by atoms with van der Waals surface area (Å²) in [6, 6.07) is 7.91. The van der Waals surface area contributed by atoms with Gasteiger partial charge in [0.25, 0.3) is 0 Å². The van der Waals surface area contributed by atoms with E-state index in [-0.39, 0.29) is 6.10 Å². The van der Waals surface area contributed by atoms with Gasteiger partial charge in [0, 0.05) is 20.3 Å². The molecule has 0 atom stereocenters. The number of anilines is 3. The Bertz CT molecular complexity index is 827. The zero-order chi connectivity index (χ0) is 17.8. The van der Waals surface area contributed by atoms with Gasteiger partial charge >= 0.3 is 6.01 Å². The molecule has 0 aromatic carbocycles. The third-order valence-corrected chi connectivity index (χ3v) is 3.36. The first-order chi connectivity index (χ1) is 12.0. The highest BCUT2D eigenvalue weighted by Crippen LogP contribution is 2.27. The fourth-order valence-electron chi connectivity index (χ4n) is 2.27. The van der Waals surface area contributed by atoms with Crippen molar-refractivity contribution in [3.05, 3.63) is 42.9 Å². The van der Waals surface area contributed by atoms with Gasteiger partial charge in [0.1, 0.15) is 11.4 Å². The number of aromatic nitrogens is 3. The molecule has 1 N–H and O–H groups in total. The van der Waals surface area contributed by atoms with E-state index in [0.29, 0.717) is 23.3 Å². The highest BCUT2D eigenvalue weighted by molar-refractivity contribution is 5.68. The van der Waals surface area contributed by atoms with Gasteiger partial charge < -0.3 is 14.1 Å². The smallest absolute Gasteiger partial charge is 0.300 e. The summed E-state index contributed by atoms with van der Waals surface area (Å²) in [6.45, 7) is 3.95. The van der Waals surface area contributed by atoms with E-state index in [4.69, 9.17) is 9.15 Å². The van der Waals surface area contributed by atoms with Gasteiger partial charge in [-0.15, -0.1) is 0 Å². The molecule has 3 heterocycles. The minimum absolute atomic E-state index is 0.109. The largest absolute Gasteiger partial charge is 0.489 e. The van der Waals surface area contributed by atoms with Gasteiger partial charge in [0.2, 0.25) is 0 Å². The Morgan fingerprint density at radius 1 is 1.08 bits per heavy atom. The van der Waals surface area contributed by atoms with Crippen LogP contribution in [-0.2, 0) is 0 Å². The number of hydrogen-bond acceptors (Lipinski definition) is 7. The van der Waals surface area contributed by atoms with Crippen molar-refractivity contribution < 1.29 is 9.15 Å². The standard InChI is InChI=1S/C18H21N5O2/c1-12(2)24-13-7-8-14(20-10-13)16-11-21-18(25-16)22-17-15(23(3)4)6-5-9-19-17/h5-12H,1-4H3,(H,19,21,22). The predicted molar refractivity (Wildman–Crippen MR) is 97.3 cm³/mol. The van der Waals surface area contributed by atoms with Crippen LogP contribution < -0.4 is 15.0 Å². The van der Waals surface area contributed by atoms with Crippen LogP contribution in [0.1, 0.15) is 13.8 Å². The quantitative estimate of drug-likeness (QED) is 0.733. The molecule has 25 heavy (non-hydrogen) atoms. The van der Waals surface area contributed by atoms with Crippen molar-refractivity contribution in [1.82, 2.24) is 15.0 Å². The van der Waals surface area contributed by atoms with Gasteiger partial charge in [0.05, 0.1) is 24.2 Å². The molecule has 0 fully saturated rings. The second-order valence-electron chi connectivity index (χ2n) is 5.97. The molecule has 3 aromatic rings. The van der Waals surface area contributed by atoms with E-state index in [1.54, 1.807) is 18.6 Å². The normalized spacial score (nSPS) is 10.8. The maximum absolute atomic E-state index is 5.75. The first kappa shape index (κ1) is 16.8. The van der Waals surface area contributed by atoms with Crippen LogP contribution in [0.3, 0.4) is 0 Å². The summed E-state index contributed by atoms with van der Waals surface area (Å²) >= 11 is 0. The third-order valence-electron chi connectivity index (χ3n) is 3.36. The van der Waals surface area contributed by atoms with Gasteiger partial charge in [-0.2, -0.15) is 0 Å². The second-order valence-corrected chi connectivity index (χ2v) is 5.97. The van der Waals surface area contributed by atoms with Crippen molar-refractivity contribution in [3.63, 3.8) is 0 Å². The number of nitrogens with zero attached hydrogens (tertiary/aromatic N) is 4. The van der Waals surface area contributed by atoms with Crippen molar-refractivity contribution in [1.29, 1.82) is 0 Å². The number of rotatable bonds is 6. The van der Waals surface area contributed by atoms with Gasteiger partial charge in [0.15, 0.2) is 11.6 Å². The van der Waals surface area contributed by atoms with Crippen LogP contribution in [0.25, 0.3) is 11.5 Å². The molecule has 0 aliphatic heterocycles. The first-order valence-electron chi connectivity index (χ1n) is 8.01. The molecule has 7 nitrogen and oxygen atoms in total. The summed E-state index contributed by atoms with van der Waals surface area (Å²) in [7, 11) is 3.90. The van der Waals surface area contributed by atoms with E-state index in [9.17, 15) is 0 Å². The van der Waals surface area contributed by atoms with E-state index in [1.165, 1.54) is 0 Å². The Morgan fingerprint density at radius 3 is 2.60 bits per heavy atom. The molecule has 0 aliphatic rings. The van der Waals surface area contributed by atoms with Crippen molar-refractivity contribution in [2.75, 3.05) is 24.3 Å². The molecule has 0 saturated heterocycles. The SMILES string of the molecule is CC(C)Oc1ccc(-c2cnc(Nc3ncccc3N(C)C)o2)nc1. The third kappa shape index (κ3) is 4.06. The molecular formula is C18H21N5O2. The van der Waals surface area contributed by atoms with Crippen molar-refractivity contribution in [3.8, 4) is 17.2 Å². The molecule has 3 rings (SSSR count). The maximum atomic E-state index is 5.75. The Kier molecular flexibility index (Phi) is 4.83. The fourth-order valence-corrected chi connectivity index (χ4v) is 2.27. The van der Waals surface area contributed by atoms with Crippen LogP contribution >= 0.6 is 0 Å². The van der Waals surface area contributed by atoms with E-state index in [0.717, 1.165) is 11.4 Å². The molecule has 0 spiro atoms. The topological polar surface area (TPSA) is 76.3 Å². The van der Waals surface area contributed by atoms with Crippen LogP contribution in [0.5, 0.6) is 5.75 Å². The Labute approximate surface area is 146 Å². The molecule has 3 aromatic heterocycles. The second kappa shape index (κ2) is 7.21. The molecule has 130 valence electrons. The van der Waals surface area contributed by atoms with Crippen molar-refractivity contribution in [2.45, 2.75) is 20.0 Å². The molecule has 0 radical (unpaired) electrons. The molecule has 0 saturated carbocycles. The average Bonchev–Trinajstić information content (AvgIpc) is 3.04. The lowest BCUT2D eigenvalue weighted by Crippen LogP contribution is -2.11. The summed E-state index contributed by atoms with van der Waals surface area (Å²) in [5.74, 6) is 1.97. The molecule has 0 aliphatic carbocycles. The number of pyridine rings is 2. The van der Waals surface area contributed by atoms with E-state index in [2.05, 4.69) is 20.3 Å². The van der Waals surface area contributed by atoms with E-state index < -0.39 is 0 Å². The van der Waals surface area contributed by atoms with Crippen LogP contribution in [0.4, 0.5) is 17.5 Å². The lowest BCUT2D eigenvalue weighted by molar-refractivity contribution is 0.241. The van der Waals surface area contributed by atoms with E-state index >= 15 is 0 Å². The van der Waals surface area contributed by atoms with Crippen molar-refractivity contribution >= 4 is 17.5 Å². The summed E-state index contributed by atoms with van der Waals surface area (Å²) < 4.78 is 11.3. The molecule has 0 amide bonds. The van der Waals surface area contributed by atoms with Gasteiger partial charge in [-0.25, -0.2) is 15.0 Å². The zero-order valence-electron chi connectivity index (χ0n) is 14.7. The number of nitrogens with one attached hydrogen (secondary N) is 1. The van der Waals surface area contributed by atoms with Gasteiger partial charge in [-0.05, 0) is 38.1 Å². The van der Waals surface area contributed by atoms with Gasteiger partial charge in [-0.3, -0.25) is 5.32 Å². The number of ether oxygens (including phenoxy) is 1. The monoisotopic (exact) mass is 339 g/mol. The van der Waals surface area contributed by atoms with Crippen LogP contribution in [-0.4, -0.2) is 35.2 Å². The minimum atomic E-state index is 0.109. The first-order valence-corrected chi connectivity index (χ1v) is 8.01. The lowest BCUT2D eigenvalue weighted by atomic mass is 10.3. The van der Waals surface area contributed by atoms with Gasteiger partial charge in [-0.1, -0.05) is 0 Å². The molecule has 7 heteroatoms. The summed E-state index contributed by atoms with van der Waals surface area (Å²) in [5, 5.41) is 3.10. The van der Waals surface area contributed by atoms with Crippen LogP contribution in [0.15, 0.2) is 47.3 Å². The average molecular weight is 339 g/mol. The number of hydrogen-bond donors (Lipinski definition) is 1. The van der Waals surface area contributed by atoms with Crippen LogP contribution in [0, 0.1) is 0 Å². The maximum Gasteiger partial charge on any atom is 0.300 e. The highest BCUT2D eigenvalue weighted by Gasteiger charge is 2.11. The van der Waals surface area contributed by atoms with Crippen molar-refractivity contribution in [2.24, 2.45) is 0 Å². The Hall–Kier alpha value is -3.09. The molecule has 0 unspecified atom stereocenters. The van der Waals surface area contributed by atoms with Crippen LogP contribution in [0.2, 0.25) is 0 Å². The minimum Gasteiger partial charge on any atom is -0.489 e. The Morgan fingerprint density at radius 2 is 1.92 bits per heavy atom. The van der Waals surface area contributed by atoms with E-state index in [1.807, 2.05) is 57.1 Å². The Balaban J connectivity index is 1.77. The molecule has 0 bridgehead atoms. The fraction of sp³-hybridized carbons (Fsp3) is 0.278. The summed E-state index contributed by atoms with van der Waals surface area (Å²) in [6.07, 6.45) is 5.13. The predicted octanol–water partition coefficient (Wildman–Crippen LogP) is 3.73. The summed E-state index contributed by atoms with van der Waals surface area (Å²) in [4.78, 5) is 14.9. The number of oxazole rings is 1. The molecular weight excluding hydrogens is 318 g/mol.